The number of anilines is 1. The van der Waals surface area contributed by atoms with Gasteiger partial charge in [-0.25, -0.2) is 5.43 Å². The van der Waals surface area contributed by atoms with Crippen molar-refractivity contribution in [3.63, 3.8) is 0 Å². The molecule has 0 saturated carbocycles. The predicted octanol–water partition coefficient (Wildman–Crippen LogP) is 0.879. The number of benzene rings is 1. The van der Waals surface area contributed by atoms with Crippen LogP contribution >= 0.6 is 0 Å². The maximum atomic E-state index is 10.7. The zero-order valence-corrected chi connectivity index (χ0v) is 6.15. The molecule has 0 saturated heterocycles. The van der Waals surface area contributed by atoms with E-state index >= 15 is 0 Å². The minimum absolute atomic E-state index is 0.247. The summed E-state index contributed by atoms with van der Waals surface area (Å²) in [5, 5.41) is 2.44. The van der Waals surface area contributed by atoms with E-state index in [9.17, 15) is 9.70 Å². The highest BCUT2D eigenvalue weighted by atomic mass is 16.3. The normalized spacial score (nSPS) is 9.00. The number of para-hydroxylation sites is 1. The monoisotopic (exact) mass is 165 g/mol. The van der Waals surface area contributed by atoms with Crippen LogP contribution in [-0.4, -0.2) is 5.91 Å². The number of nitrogens with one attached hydrogen (secondary N) is 1. The van der Waals surface area contributed by atoms with E-state index in [1.54, 1.807) is 18.2 Å². The van der Waals surface area contributed by atoms with Crippen molar-refractivity contribution in [2.45, 2.75) is 0 Å². The number of nitroso groups, excluding NO2 is 1. The molecule has 0 atom stereocenters. The SMILES string of the molecule is NC(=O)c1ccccc1NN=O. The van der Waals surface area contributed by atoms with Gasteiger partial charge in [0.05, 0.1) is 16.5 Å². The topological polar surface area (TPSA) is 84.6 Å². The van der Waals surface area contributed by atoms with Crippen LogP contribution in [0.5, 0.6) is 0 Å². The predicted molar refractivity (Wildman–Crippen MR) is 44.4 cm³/mol. The Morgan fingerprint density at radius 1 is 1.42 bits per heavy atom. The van der Waals surface area contributed by atoms with Gasteiger partial charge in [0, 0.05) is 0 Å². The van der Waals surface area contributed by atoms with E-state index in [4.69, 9.17) is 5.73 Å². The number of hydrogen-bond acceptors (Lipinski definition) is 3. The first kappa shape index (κ1) is 8.19. The standard InChI is InChI=1S/C7H7N3O2/c8-7(11)5-3-1-2-4-6(5)9-10-12/h1-4H,(H2,8,11)(H,9,12). The number of hydrogen-bond donors (Lipinski definition) is 2. The highest BCUT2D eigenvalue weighted by molar-refractivity contribution is 5.98. The smallest absolute Gasteiger partial charge is 0.250 e. The van der Waals surface area contributed by atoms with Gasteiger partial charge in [0.25, 0.3) is 5.91 Å². The van der Waals surface area contributed by atoms with Gasteiger partial charge in [-0.2, -0.15) is 0 Å². The fourth-order valence-corrected chi connectivity index (χ4v) is 0.845. The summed E-state index contributed by atoms with van der Waals surface area (Å²) in [4.78, 5) is 20.6. The first-order chi connectivity index (χ1) is 5.75. The van der Waals surface area contributed by atoms with Gasteiger partial charge < -0.3 is 5.73 Å². The molecule has 1 rings (SSSR count). The largest absolute Gasteiger partial charge is 0.366 e. The van der Waals surface area contributed by atoms with Gasteiger partial charge in [-0.1, -0.05) is 12.1 Å². The van der Waals surface area contributed by atoms with Crippen molar-refractivity contribution in [3.8, 4) is 0 Å². The van der Waals surface area contributed by atoms with E-state index < -0.39 is 5.91 Å². The fraction of sp³-hybridized carbons (Fsp3) is 0. The van der Waals surface area contributed by atoms with E-state index in [1.165, 1.54) is 6.07 Å². The second-order valence-electron chi connectivity index (χ2n) is 2.11. The van der Waals surface area contributed by atoms with Crippen LogP contribution in [-0.2, 0) is 0 Å². The lowest BCUT2D eigenvalue weighted by Crippen LogP contribution is -2.12. The molecule has 12 heavy (non-hydrogen) atoms. The van der Waals surface area contributed by atoms with Crippen LogP contribution in [0.3, 0.4) is 0 Å². The summed E-state index contributed by atoms with van der Waals surface area (Å²) >= 11 is 0. The van der Waals surface area contributed by atoms with Crippen LogP contribution < -0.4 is 11.2 Å². The van der Waals surface area contributed by atoms with Gasteiger partial charge in [-0.15, -0.1) is 4.91 Å². The molecule has 3 N–H and O–H groups in total. The second kappa shape index (κ2) is 3.47. The number of nitrogens with zero attached hydrogens (tertiary/aromatic N) is 1. The van der Waals surface area contributed by atoms with Crippen molar-refractivity contribution >= 4 is 11.6 Å². The summed E-state index contributed by atoms with van der Waals surface area (Å²) in [5.41, 5.74) is 7.72. The molecule has 0 bridgehead atoms. The number of primary amides is 1. The molecule has 0 fully saturated rings. The molecule has 62 valence electrons. The highest BCUT2D eigenvalue weighted by Gasteiger charge is 2.05. The fourth-order valence-electron chi connectivity index (χ4n) is 0.845. The average Bonchev–Trinajstić information content (AvgIpc) is 2.05. The maximum absolute atomic E-state index is 10.7. The third-order valence-corrected chi connectivity index (χ3v) is 1.36. The number of carbonyl (C=O) groups excluding carboxylic acids is 1. The zero-order chi connectivity index (χ0) is 8.97. The number of carbonyl (C=O) groups is 1. The lowest BCUT2D eigenvalue weighted by atomic mass is 10.2. The van der Waals surface area contributed by atoms with Gasteiger partial charge in [0.2, 0.25) is 0 Å². The van der Waals surface area contributed by atoms with Crippen molar-refractivity contribution in [1.29, 1.82) is 0 Å². The van der Waals surface area contributed by atoms with E-state index in [0.717, 1.165) is 0 Å². The third kappa shape index (κ3) is 1.57. The highest BCUT2D eigenvalue weighted by Crippen LogP contribution is 2.13. The Labute approximate surface area is 68.5 Å². The Hall–Kier alpha value is -1.91. The summed E-state index contributed by atoms with van der Waals surface area (Å²) in [5.74, 6) is -0.596. The average molecular weight is 165 g/mol. The summed E-state index contributed by atoms with van der Waals surface area (Å²) < 4.78 is 0. The molecule has 0 radical (unpaired) electrons. The number of amides is 1. The summed E-state index contributed by atoms with van der Waals surface area (Å²) in [7, 11) is 0. The van der Waals surface area contributed by atoms with E-state index in [2.05, 4.69) is 10.7 Å². The Morgan fingerprint density at radius 2 is 2.08 bits per heavy atom. The van der Waals surface area contributed by atoms with Gasteiger partial charge >= 0.3 is 0 Å². The van der Waals surface area contributed by atoms with Crippen molar-refractivity contribution in [2.24, 2.45) is 11.0 Å². The zero-order valence-electron chi connectivity index (χ0n) is 6.15. The van der Waals surface area contributed by atoms with Crippen LogP contribution in [0.2, 0.25) is 0 Å². The van der Waals surface area contributed by atoms with Crippen molar-refractivity contribution in [2.75, 3.05) is 5.43 Å². The van der Waals surface area contributed by atoms with Gasteiger partial charge in [0.1, 0.15) is 0 Å². The molecule has 0 aliphatic rings. The van der Waals surface area contributed by atoms with E-state index in [0.29, 0.717) is 5.69 Å². The Morgan fingerprint density at radius 3 is 2.67 bits per heavy atom. The molecule has 0 heterocycles. The van der Waals surface area contributed by atoms with E-state index in [1.807, 2.05) is 0 Å². The molecule has 0 aromatic heterocycles. The molecular formula is C7H7N3O2. The van der Waals surface area contributed by atoms with Crippen LogP contribution in [0.4, 0.5) is 5.69 Å². The maximum Gasteiger partial charge on any atom is 0.250 e. The lowest BCUT2D eigenvalue weighted by Gasteiger charge is -2.01. The minimum atomic E-state index is -0.596. The van der Waals surface area contributed by atoms with Crippen molar-refractivity contribution in [1.82, 2.24) is 0 Å². The molecule has 5 heteroatoms. The first-order valence-electron chi connectivity index (χ1n) is 3.23. The molecule has 1 amide bonds. The molecule has 1 aromatic rings. The summed E-state index contributed by atoms with van der Waals surface area (Å²) in [6.45, 7) is 0. The summed E-state index contributed by atoms with van der Waals surface area (Å²) in [6.07, 6.45) is 0. The van der Waals surface area contributed by atoms with Crippen LogP contribution in [0.25, 0.3) is 0 Å². The van der Waals surface area contributed by atoms with Crippen LogP contribution in [0.1, 0.15) is 10.4 Å². The molecular weight excluding hydrogens is 158 g/mol. The Kier molecular flexibility index (Phi) is 2.37. The van der Waals surface area contributed by atoms with Gasteiger partial charge in [0.15, 0.2) is 0 Å². The molecule has 0 aliphatic carbocycles. The molecule has 0 spiro atoms. The van der Waals surface area contributed by atoms with Crippen LogP contribution in [0.15, 0.2) is 29.6 Å². The van der Waals surface area contributed by atoms with Crippen molar-refractivity contribution in [3.05, 3.63) is 34.7 Å². The first-order valence-corrected chi connectivity index (χ1v) is 3.23. The van der Waals surface area contributed by atoms with Crippen LogP contribution in [0, 0.1) is 4.91 Å². The quantitative estimate of drug-likeness (QED) is 0.515. The second-order valence-corrected chi connectivity index (χ2v) is 2.11. The minimum Gasteiger partial charge on any atom is -0.366 e. The molecule has 5 nitrogen and oxygen atoms in total. The number of nitrogens with two attached hydrogens (primary N) is 1. The third-order valence-electron chi connectivity index (χ3n) is 1.36. The van der Waals surface area contributed by atoms with E-state index in [-0.39, 0.29) is 5.56 Å². The lowest BCUT2D eigenvalue weighted by molar-refractivity contribution is 0.100. The molecule has 1 aromatic carbocycles. The van der Waals surface area contributed by atoms with Crippen molar-refractivity contribution < 1.29 is 4.79 Å². The Balaban J connectivity index is 3.07. The molecule has 0 unspecified atom stereocenters. The van der Waals surface area contributed by atoms with Gasteiger partial charge in [-0.05, 0) is 12.1 Å². The number of rotatable bonds is 3. The Bertz CT molecular complexity index is 311. The summed E-state index contributed by atoms with van der Waals surface area (Å²) in [6, 6.07) is 6.37. The van der Waals surface area contributed by atoms with Gasteiger partial charge in [-0.3, -0.25) is 4.79 Å². The molecule has 0 aliphatic heterocycles.